The van der Waals surface area contributed by atoms with E-state index in [-0.39, 0.29) is 65.2 Å². The summed E-state index contributed by atoms with van der Waals surface area (Å²) < 4.78 is 24.6. The third-order valence-corrected chi connectivity index (χ3v) is 8.21. The second-order valence-electron chi connectivity index (χ2n) is 8.24. The van der Waals surface area contributed by atoms with Crippen molar-refractivity contribution in [1.82, 2.24) is 15.5 Å². The van der Waals surface area contributed by atoms with Gasteiger partial charge in [-0.25, -0.2) is 8.42 Å². The van der Waals surface area contributed by atoms with Crippen LogP contribution < -0.4 is 10.6 Å². The molecule has 1 saturated carbocycles. The summed E-state index contributed by atoms with van der Waals surface area (Å²) in [6, 6.07) is 8.40. The Kier molecular flexibility index (Phi) is 7.97. The largest absolute Gasteiger partial charge is 0.356 e. The van der Waals surface area contributed by atoms with Crippen LogP contribution in [0.25, 0.3) is 0 Å². The van der Waals surface area contributed by atoms with Crippen molar-refractivity contribution >= 4 is 51.6 Å². The summed E-state index contributed by atoms with van der Waals surface area (Å²) in [7, 11) is -1.68. The zero-order chi connectivity index (χ0) is 22.0. The Hall–Kier alpha value is -1.95. The first kappa shape index (κ1) is 24.7. The monoisotopic (exact) mass is 572 g/mol. The van der Waals surface area contributed by atoms with E-state index in [2.05, 4.69) is 27.8 Å². The molecule has 2 amide bonds. The summed E-state index contributed by atoms with van der Waals surface area (Å²) >= 11 is 0. The van der Waals surface area contributed by atoms with Gasteiger partial charge in [0.15, 0.2) is 15.8 Å². The van der Waals surface area contributed by atoms with Crippen LogP contribution in [0.15, 0.2) is 52.4 Å². The fourth-order valence-electron chi connectivity index (χ4n) is 4.91. The van der Waals surface area contributed by atoms with Crippen LogP contribution in [-0.4, -0.2) is 63.5 Å². The van der Waals surface area contributed by atoms with Crippen LogP contribution in [0.1, 0.15) is 12.8 Å². The lowest BCUT2D eigenvalue weighted by atomic mass is 9.85. The van der Waals surface area contributed by atoms with Crippen LogP contribution in [0, 0.1) is 23.7 Å². The highest BCUT2D eigenvalue weighted by Gasteiger charge is 2.58. The normalized spacial score (nSPS) is 26.3. The number of likely N-dealkylation sites (tertiary alicyclic amines) is 1. The Labute approximate surface area is 205 Å². The van der Waals surface area contributed by atoms with Crippen molar-refractivity contribution in [2.75, 3.05) is 32.4 Å². The lowest BCUT2D eigenvalue weighted by molar-refractivity contribution is -0.140. The van der Waals surface area contributed by atoms with Crippen LogP contribution in [0.2, 0.25) is 0 Å². The van der Waals surface area contributed by atoms with E-state index in [1.54, 1.807) is 37.4 Å². The van der Waals surface area contributed by atoms with Gasteiger partial charge in [0.05, 0.1) is 22.5 Å². The maximum atomic E-state index is 12.7. The topological polar surface area (TPSA) is 108 Å². The number of hydrogen-bond acceptors (Lipinski definition) is 5. The van der Waals surface area contributed by atoms with E-state index in [0.29, 0.717) is 36.9 Å². The van der Waals surface area contributed by atoms with Gasteiger partial charge in [0.25, 0.3) is 0 Å². The van der Waals surface area contributed by atoms with Crippen LogP contribution in [0.3, 0.4) is 0 Å². The van der Waals surface area contributed by atoms with E-state index in [0.717, 1.165) is 6.42 Å². The number of imide groups is 1. The number of guanidine groups is 1. The predicted molar refractivity (Wildman–Crippen MR) is 132 cm³/mol. The Morgan fingerprint density at radius 1 is 1.03 bits per heavy atom. The number of nitrogens with zero attached hydrogens (tertiary/aromatic N) is 2. The number of nitrogens with one attached hydrogen (secondary N) is 2. The number of halogens is 1. The molecule has 32 heavy (non-hydrogen) atoms. The summed E-state index contributed by atoms with van der Waals surface area (Å²) in [4.78, 5) is 31.2. The first-order valence-corrected chi connectivity index (χ1v) is 12.3. The minimum absolute atomic E-state index is 0. The first-order chi connectivity index (χ1) is 14.9. The summed E-state index contributed by atoms with van der Waals surface area (Å²) in [5.74, 6) is 0.523. The van der Waals surface area contributed by atoms with Crippen LogP contribution >= 0.6 is 24.0 Å². The second kappa shape index (κ2) is 10.3. The number of fused-ring (bicyclic) bond motifs is 5. The summed E-state index contributed by atoms with van der Waals surface area (Å²) in [5.41, 5.74) is 0. The van der Waals surface area contributed by atoms with Crippen molar-refractivity contribution in [2.24, 2.45) is 28.7 Å². The minimum atomic E-state index is -3.30. The van der Waals surface area contributed by atoms with E-state index < -0.39 is 9.84 Å². The smallest absolute Gasteiger partial charge is 0.233 e. The minimum Gasteiger partial charge on any atom is -0.356 e. The maximum absolute atomic E-state index is 12.7. The molecule has 1 aromatic rings. The van der Waals surface area contributed by atoms with E-state index in [4.69, 9.17) is 0 Å². The fraction of sp³-hybridized carbons (Fsp3) is 0.500. The van der Waals surface area contributed by atoms with E-state index in [9.17, 15) is 18.0 Å². The predicted octanol–water partition coefficient (Wildman–Crippen LogP) is 1.44. The first-order valence-electron chi connectivity index (χ1n) is 10.7. The van der Waals surface area contributed by atoms with Crippen molar-refractivity contribution in [3.05, 3.63) is 42.5 Å². The Morgan fingerprint density at radius 3 is 2.22 bits per heavy atom. The SMILES string of the molecule is CN=C(NCCCS(=O)(=O)c1ccccc1)NCCN1C(=O)C2C3C=CC(C3)C2C1=O.I. The Bertz CT molecular complexity index is 982. The van der Waals surface area contributed by atoms with Gasteiger partial charge < -0.3 is 10.6 Å². The number of hydrogen-bond donors (Lipinski definition) is 2. The molecule has 2 aliphatic carbocycles. The number of aliphatic imine (C=N–C) groups is 1. The molecule has 0 spiro atoms. The Balaban J connectivity index is 0.00000289. The van der Waals surface area contributed by atoms with Gasteiger partial charge in [0, 0.05) is 26.7 Å². The van der Waals surface area contributed by atoms with Gasteiger partial charge in [-0.05, 0) is 36.8 Å². The molecule has 0 radical (unpaired) electrons. The number of carbonyl (C=O) groups is 2. The molecule has 1 aliphatic heterocycles. The lowest BCUT2D eigenvalue weighted by Crippen LogP contribution is -2.44. The summed E-state index contributed by atoms with van der Waals surface area (Å²) in [5, 5.41) is 6.18. The van der Waals surface area contributed by atoms with Gasteiger partial charge in [0.2, 0.25) is 11.8 Å². The highest BCUT2D eigenvalue weighted by Crippen LogP contribution is 2.52. The van der Waals surface area contributed by atoms with Gasteiger partial charge in [-0.15, -0.1) is 24.0 Å². The standard InChI is InChI=1S/C22H28N4O4S.HI/c1-23-22(24-10-5-13-31(29,30)17-6-3-2-4-7-17)25-11-12-26-20(27)18-15-8-9-16(14-15)19(18)21(26)28;/h2-4,6-9,15-16,18-19H,5,10-14H2,1H3,(H2,23,24,25);1H. The molecule has 10 heteroatoms. The zero-order valence-corrected chi connectivity index (χ0v) is 21.1. The molecule has 4 rings (SSSR count). The van der Waals surface area contributed by atoms with E-state index in [1.165, 1.54) is 4.90 Å². The van der Waals surface area contributed by atoms with Crippen molar-refractivity contribution in [3.63, 3.8) is 0 Å². The number of benzene rings is 1. The van der Waals surface area contributed by atoms with Crippen molar-refractivity contribution in [2.45, 2.75) is 17.7 Å². The molecule has 1 heterocycles. The number of rotatable bonds is 8. The molecule has 174 valence electrons. The van der Waals surface area contributed by atoms with Crippen LogP contribution in [-0.2, 0) is 19.4 Å². The average Bonchev–Trinajstić information content (AvgIpc) is 3.45. The maximum Gasteiger partial charge on any atom is 0.233 e. The molecule has 8 nitrogen and oxygen atoms in total. The van der Waals surface area contributed by atoms with Crippen molar-refractivity contribution in [1.29, 1.82) is 0 Å². The van der Waals surface area contributed by atoms with E-state index >= 15 is 0 Å². The lowest BCUT2D eigenvalue weighted by Gasteiger charge is -2.18. The average molecular weight is 572 g/mol. The molecule has 2 bridgehead atoms. The highest BCUT2D eigenvalue weighted by atomic mass is 127. The molecule has 4 unspecified atom stereocenters. The summed E-state index contributed by atoms with van der Waals surface area (Å²) in [6.07, 6.45) is 5.53. The molecule has 3 aliphatic rings. The number of amides is 2. The quantitative estimate of drug-likeness (QED) is 0.122. The van der Waals surface area contributed by atoms with Gasteiger partial charge in [0.1, 0.15) is 0 Å². The third kappa shape index (κ3) is 4.85. The van der Waals surface area contributed by atoms with Gasteiger partial charge in [-0.3, -0.25) is 19.5 Å². The third-order valence-electron chi connectivity index (χ3n) is 6.40. The molecule has 4 atom stereocenters. The Morgan fingerprint density at radius 2 is 1.62 bits per heavy atom. The molecular weight excluding hydrogens is 543 g/mol. The molecule has 1 aromatic carbocycles. The van der Waals surface area contributed by atoms with Gasteiger partial charge in [-0.1, -0.05) is 30.4 Å². The fourth-order valence-corrected chi connectivity index (χ4v) is 6.24. The number of carbonyl (C=O) groups excluding carboxylic acids is 2. The van der Waals surface area contributed by atoms with Gasteiger partial charge >= 0.3 is 0 Å². The van der Waals surface area contributed by atoms with E-state index in [1.807, 2.05) is 0 Å². The molecular formula is C22H29IN4O4S. The van der Waals surface area contributed by atoms with Gasteiger partial charge in [-0.2, -0.15) is 0 Å². The van der Waals surface area contributed by atoms with Crippen LogP contribution in [0.5, 0.6) is 0 Å². The number of allylic oxidation sites excluding steroid dienone is 2. The molecule has 1 saturated heterocycles. The molecule has 2 fully saturated rings. The van der Waals surface area contributed by atoms with Crippen molar-refractivity contribution in [3.8, 4) is 0 Å². The zero-order valence-electron chi connectivity index (χ0n) is 17.9. The number of sulfone groups is 1. The summed E-state index contributed by atoms with van der Waals surface area (Å²) in [6.45, 7) is 1.13. The van der Waals surface area contributed by atoms with Crippen LogP contribution in [0.4, 0.5) is 0 Å². The van der Waals surface area contributed by atoms with Crippen molar-refractivity contribution < 1.29 is 18.0 Å². The highest BCUT2D eigenvalue weighted by molar-refractivity contribution is 14.0. The molecule has 0 aromatic heterocycles. The second-order valence-corrected chi connectivity index (χ2v) is 10.3. The molecule has 2 N–H and O–H groups in total.